The third kappa shape index (κ3) is 4.11. The summed E-state index contributed by atoms with van der Waals surface area (Å²) in [6, 6.07) is 9.29. The first-order valence-corrected chi connectivity index (χ1v) is 7.91. The van der Waals surface area contributed by atoms with E-state index in [4.69, 9.17) is 18.9 Å². The number of fused-ring (bicyclic) bond motifs is 1. The first-order valence-electron chi connectivity index (χ1n) is 7.91. The number of esters is 1. The molecule has 1 amide bonds. The molecule has 1 aromatic rings. The highest BCUT2D eigenvalue weighted by atomic mass is 16.7. The number of amides is 1. The monoisotopic (exact) mass is 335 g/mol. The Kier molecular flexibility index (Phi) is 5.13. The SMILES string of the molecule is CC(=O)N[C@H]1[C@@H](OCc2ccccc2)O[C@@H](COC(C)=O)[C@@H]2O[C@H]12. The molecule has 2 heterocycles. The lowest BCUT2D eigenvalue weighted by atomic mass is 10.0. The van der Waals surface area contributed by atoms with Gasteiger partial charge in [0.05, 0.1) is 6.61 Å². The van der Waals surface area contributed by atoms with Crippen LogP contribution in [0.1, 0.15) is 19.4 Å². The van der Waals surface area contributed by atoms with Crippen molar-refractivity contribution in [1.29, 1.82) is 0 Å². The van der Waals surface area contributed by atoms with Crippen LogP contribution in [0.4, 0.5) is 0 Å². The molecule has 0 aliphatic carbocycles. The first-order chi connectivity index (χ1) is 11.5. The number of benzene rings is 1. The average Bonchev–Trinajstić information content (AvgIpc) is 3.34. The predicted octanol–water partition coefficient (Wildman–Crippen LogP) is 0.763. The number of ether oxygens (including phenoxy) is 4. The number of carbonyl (C=O) groups excluding carboxylic acids is 2. The van der Waals surface area contributed by atoms with Gasteiger partial charge >= 0.3 is 5.97 Å². The Hall–Kier alpha value is -1.96. The lowest BCUT2D eigenvalue weighted by Gasteiger charge is -2.33. The average molecular weight is 335 g/mol. The molecule has 2 fully saturated rings. The van der Waals surface area contributed by atoms with E-state index in [1.54, 1.807) is 0 Å². The minimum absolute atomic E-state index is 0.106. The molecule has 1 aromatic carbocycles. The van der Waals surface area contributed by atoms with Crippen molar-refractivity contribution in [3.63, 3.8) is 0 Å². The Morgan fingerprint density at radius 3 is 2.54 bits per heavy atom. The van der Waals surface area contributed by atoms with Crippen molar-refractivity contribution >= 4 is 11.9 Å². The van der Waals surface area contributed by atoms with E-state index in [2.05, 4.69) is 5.32 Å². The molecule has 24 heavy (non-hydrogen) atoms. The van der Waals surface area contributed by atoms with Crippen LogP contribution in [0, 0.1) is 0 Å². The maximum atomic E-state index is 11.4. The third-order valence-electron chi connectivity index (χ3n) is 3.96. The highest BCUT2D eigenvalue weighted by Gasteiger charge is 2.58. The molecule has 0 radical (unpaired) electrons. The Bertz CT molecular complexity index is 592. The molecule has 2 aliphatic heterocycles. The molecule has 0 aromatic heterocycles. The normalized spacial score (nSPS) is 31.0. The van der Waals surface area contributed by atoms with Gasteiger partial charge in [-0.2, -0.15) is 0 Å². The van der Waals surface area contributed by atoms with Crippen molar-refractivity contribution in [3.8, 4) is 0 Å². The molecule has 7 heteroatoms. The number of hydrogen-bond acceptors (Lipinski definition) is 6. The molecule has 2 saturated heterocycles. The van der Waals surface area contributed by atoms with Gasteiger partial charge in [0.25, 0.3) is 0 Å². The summed E-state index contributed by atoms with van der Waals surface area (Å²) in [6.07, 6.45) is -1.45. The molecule has 5 atom stereocenters. The van der Waals surface area contributed by atoms with E-state index in [1.165, 1.54) is 13.8 Å². The summed E-state index contributed by atoms with van der Waals surface area (Å²) in [5, 5.41) is 2.82. The number of rotatable bonds is 6. The van der Waals surface area contributed by atoms with Crippen LogP contribution in [0.3, 0.4) is 0 Å². The van der Waals surface area contributed by atoms with E-state index < -0.39 is 12.4 Å². The van der Waals surface area contributed by atoms with Crippen molar-refractivity contribution in [2.24, 2.45) is 0 Å². The molecule has 0 unspecified atom stereocenters. The molecule has 1 N–H and O–H groups in total. The van der Waals surface area contributed by atoms with Crippen molar-refractivity contribution in [2.45, 2.75) is 51.1 Å². The number of hydrogen-bond donors (Lipinski definition) is 1. The maximum absolute atomic E-state index is 11.4. The third-order valence-corrected chi connectivity index (χ3v) is 3.96. The molecule has 130 valence electrons. The molecule has 3 rings (SSSR count). The van der Waals surface area contributed by atoms with Gasteiger partial charge in [-0.15, -0.1) is 0 Å². The number of nitrogens with one attached hydrogen (secondary N) is 1. The molecule has 2 aliphatic rings. The summed E-state index contributed by atoms with van der Waals surface area (Å²) in [4.78, 5) is 22.4. The highest BCUT2D eigenvalue weighted by molar-refractivity contribution is 5.73. The molecule has 0 saturated carbocycles. The largest absolute Gasteiger partial charge is 0.463 e. The predicted molar refractivity (Wildman–Crippen MR) is 82.8 cm³/mol. The van der Waals surface area contributed by atoms with E-state index in [0.29, 0.717) is 6.61 Å². The van der Waals surface area contributed by atoms with E-state index in [9.17, 15) is 9.59 Å². The summed E-state index contributed by atoms with van der Waals surface area (Å²) >= 11 is 0. The van der Waals surface area contributed by atoms with Crippen molar-refractivity contribution in [1.82, 2.24) is 5.32 Å². The zero-order chi connectivity index (χ0) is 17.1. The van der Waals surface area contributed by atoms with Crippen LogP contribution in [-0.2, 0) is 35.1 Å². The summed E-state index contributed by atoms with van der Waals surface area (Å²) in [5.41, 5.74) is 0.998. The van der Waals surface area contributed by atoms with Crippen molar-refractivity contribution in [3.05, 3.63) is 35.9 Å². The van der Waals surface area contributed by atoms with Crippen LogP contribution < -0.4 is 5.32 Å². The van der Waals surface area contributed by atoms with Crippen LogP contribution in [0.15, 0.2) is 30.3 Å². The van der Waals surface area contributed by atoms with Gasteiger partial charge in [-0.05, 0) is 5.56 Å². The Morgan fingerprint density at radius 1 is 1.12 bits per heavy atom. The Balaban J connectivity index is 1.64. The second-order valence-corrected chi connectivity index (χ2v) is 5.93. The Labute approximate surface area is 140 Å². The minimum atomic E-state index is -0.668. The van der Waals surface area contributed by atoms with Gasteiger partial charge in [-0.25, -0.2) is 0 Å². The molecule has 7 nitrogen and oxygen atoms in total. The Morgan fingerprint density at radius 2 is 1.88 bits per heavy atom. The van der Waals surface area contributed by atoms with E-state index in [0.717, 1.165) is 5.56 Å². The fraction of sp³-hybridized carbons (Fsp3) is 0.529. The van der Waals surface area contributed by atoms with Gasteiger partial charge in [-0.1, -0.05) is 30.3 Å². The lowest BCUT2D eigenvalue weighted by molar-refractivity contribution is -0.214. The minimum Gasteiger partial charge on any atom is -0.463 e. The van der Waals surface area contributed by atoms with Crippen LogP contribution in [-0.4, -0.2) is 49.1 Å². The fourth-order valence-corrected chi connectivity index (χ4v) is 2.83. The van der Waals surface area contributed by atoms with Gasteiger partial charge in [0.2, 0.25) is 5.91 Å². The fourth-order valence-electron chi connectivity index (χ4n) is 2.83. The zero-order valence-corrected chi connectivity index (χ0v) is 13.6. The smallest absolute Gasteiger partial charge is 0.302 e. The lowest BCUT2D eigenvalue weighted by Crippen LogP contribution is -2.55. The quantitative estimate of drug-likeness (QED) is 0.610. The van der Waals surface area contributed by atoms with E-state index >= 15 is 0 Å². The van der Waals surface area contributed by atoms with Crippen LogP contribution in [0.5, 0.6) is 0 Å². The topological polar surface area (TPSA) is 86.4 Å². The molecule has 0 spiro atoms. The van der Waals surface area contributed by atoms with Gasteiger partial charge < -0.3 is 24.3 Å². The summed E-state index contributed by atoms with van der Waals surface area (Å²) in [5.74, 6) is -0.550. The first kappa shape index (κ1) is 16.9. The summed E-state index contributed by atoms with van der Waals surface area (Å²) in [7, 11) is 0. The van der Waals surface area contributed by atoms with Gasteiger partial charge in [-0.3, -0.25) is 9.59 Å². The molecular formula is C17H21NO6. The molecule has 0 bridgehead atoms. The zero-order valence-electron chi connectivity index (χ0n) is 13.6. The maximum Gasteiger partial charge on any atom is 0.302 e. The van der Waals surface area contributed by atoms with E-state index in [-0.39, 0.29) is 36.7 Å². The highest BCUT2D eigenvalue weighted by Crippen LogP contribution is 2.38. The van der Waals surface area contributed by atoms with Crippen molar-refractivity contribution < 1.29 is 28.5 Å². The van der Waals surface area contributed by atoms with Gasteiger partial charge in [0.1, 0.15) is 31.0 Å². The number of epoxide rings is 1. The standard InChI is InChI=1S/C17H21NO6/c1-10(19)18-14-16-15(24-16)13(9-21-11(2)20)23-17(14)22-8-12-6-4-3-5-7-12/h3-7,13-17H,8-9H2,1-2H3,(H,18,19)/t13-,14+,15-,16+,17-/m0/s1. The second-order valence-electron chi connectivity index (χ2n) is 5.93. The summed E-state index contributed by atoms with van der Waals surface area (Å²) < 4.78 is 22.4. The number of carbonyl (C=O) groups is 2. The molecular weight excluding hydrogens is 314 g/mol. The summed E-state index contributed by atoms with van der Waals surface area (Å²) in [6.45, 7) is 3.24. The van der Waals surface area contributed by atoms with Crippen molar-refractivity contribution in [2.75, 3.05) is 6.61 Å². The van der Waals surface area contributed by atoms with Crippen LogP contribution in [0.2, 0.25) is 0 Å². The van der Waals surface area contributed by atoms with Crippen LogP contribution in [0.25, 0.3) is 0 Å². The van der Waals surface area contributed by atoms with Crippen LogP contribution >= 0.6 is 0 Å². The van der Waals surface area contributed by atoms with E-state index in [1.807, 2.05) is 30.3 Å². The van der Waals surface area contributed by atoms with Gasteiger partial charge in [0, 0.05) is 13.8 Å². The second kappa shape index (κ2) is 7.29. The van der Waals surface area contributed by atoms with Gasteiger partial charge in [0.15, 0.2) is 6.29 Å².